The number of aromatic nitrogens is 5. The molecule has 2 aromatic carbocycles. The van der Waals surface area contributed by atoms with Gasteiger partial charge < -0.3 is 10.3 Å². The van der Waals surface area contributed by atoms with Gasteiger partial charge in [-0.25, -0.2) is 9.07 Å². The lowest BCUT2D eigenvalue weighted by atomic mass is 10.1. The number of rotatable bonds is 5. The Morgan fingerprint density at radius 1 is 0.964 bits per heavy atom. The summed E-state index contributed by atoms with van der Waals surface area (Å²) in [7, 11) is 0. The molecule has 0 saturated carbocycles. The van der Waals surface area contributed by atoms with E-state index in [1.54, 1.807) is 12.1 Å². The highest BCUT2D eigenvalue weighted by Crippen LogP contribution is 2.34. The van der Waals surface area contributed by atoms with Crippen LogP contribution in [0.1, 0.15) is 23.6 Å². The number of thioether (sulfide) groups is 1. The summed E-state index contributed by atoms with van der Waals surface area (Å²) in [6, 6.07) is 13.8. The van der Waals surface area contributed by atoms with Crippen molar-refractivity contribution in [2.45, 2.75) is 24.3 Å². The molecular weight excluding hydrogens is 379 g/mol. The van der Waals surface area contributed by atoms with Gasteiger partial charge >= 0.3 is 0 Å². The second kappa shape index (κ2) is 7.43. The lowest BCUT2D eigenvalue weighted by molar-refractivity contribution is 0.509. The summed E-state index contributed by atoms with van der Waals surface area (Å²) in [5, 5.41) is 16.8. The molecule has 4 rings (SSSR count). The van der Waals surface area contributed by atoms with E-state index in [1.165, 1.54) is 28.6 Å². The molecule has 2 N–H and O–H groups in total. The normalized spacial score (nSPS) is 12.2. The summed E-state index contributed by atoms with van der Waals surface area (Å²) >= 11 is 1.35. The summed E-state index contributed by atoms with van der Waals surface area (Å²) in [4.78, 5) is 0. The minimum Gasteiger partial charge on any atom is -0.419 e. The van der Waals surface area contributed by atoms with Crippen molar-refractivity contribution in [3.63, 3.8) is 0 Å². The van der Waals surface area contributed by atoms with E-state index >= 15 is 0 Å². The largest absolute Gasteiger partial charge is 0.419 e. The first kappa shape index (κ1) is 18.2. The predicted molar refractivity (Wildman–Crippen MR) is 104 cm³/mol. The quantitative estimate of drug-likeness (QED) is 0.402. The van der Waals surface area contributed by atoms with E-state index in [2.05, 4.69) is 20.4 Å². The van der Waals surface area contributed by atoms with E-state index in [9.17, 15) is 4.39 Å². The molecule has 142 valence electrons. The Hall–Kier alpha value is -3.20. The fourth-order valence-corrected chi connectivity index (χ4v) is 3.37. The van der Waals surface area contributed by atoms with Crippen LogP contribution in [0.3, 0.4) is 0 Å². The molecular formula is C19H17FN6OS. The fourth-order valence-electron chi connectivity index (χ4n) is 2.57. The van der Waals surface area contributed by atoms with Gasteiger partial charge in [0.1, 0.15) is 5.82 Å². The first-order valence-electron chi connectivity index (χ1n) is 8.55. The van der Waals surface area contributed by atoms with Crippen LogP contribution >= 0.6 is 11.8 Å². The molecule has 9 heteroatoms. The topological polar surface area (TPSA) is 95.7 Å². The zero-order valence-corrected chi connectivity index (χ0v) is 16.0. The van der Waals surface area contributed by atoms with Crippen LogP contribution < -0.4 is 5.84 Å². The molecule has 2 aromatic heterocycles. The second-order valence-corrected chi connectivity index (χ2v) is 7.56. The van der Waals surface area contributed by atoms with Gasteiger partial charge in [0.2, 0.25) is 16.9 Å². The average molecular weight is 396 g/mol. The monoisotopic (exact) mass is 396 g/mol. The van der Waals surface area contributed by atoms with Gasteiger partial charge in [-0.1, -0.05) is 29.5 Å². The van der Waals surface area contributed by atoms with Crippen molar-refractivity contribution in [1.29, 1.82) is 0 Å². The van der Waals surface area contributed by atoms with Crippen LogP contribution in [0.25, 0.3) is 22.8 Å². The van der Waals surface area contributed by atoms with Crippen molar-refractivity contribution in [2.24, 2.45) is 0 Å². The van der Waals surface area contributed by atoms with Crippen molar-refractivity contribution >= 4 is 11.8 Å². The zero-order valence-electron chi connectivity index (χ0n) is 15.2. The minimum absolute atomic E-state index is 0.181. The Bertz CT molecular complexity index is 1090. The molecule has 4 aromatic rings. The second-order valence-electron chi connectivity index (χ2n) is 6.25. The maximum Gasteiger partial charge on any atom is 0.247 e. The summed E-state index contributed by atoms with van der Waals surface area (Å²) in [5.41, 5.74) is 2.70. The molecule has 28 heavy (non-hydrogen) atoms. The Kier molecular flexibility index (Phi) is 4.82. The van der Waals surface area contributed by atoms with Gasteiger partial charge in [-0.2, -0.15) is 0 Å². The van der Waals surface area contributed by atoms with Crippen molar-refractivity contribution in [1.82, 2.24) is 25.1 Å². The van der Waals surface area contributed by atoms with Gasteiger partial charge in [-0.3, -0.25) is 0 Å². The Morgan fingerprint density at radius 2 is 1.64 bits per heavy atom. The number of nitrogens with two attached hydrogens (primary N) is 1. The number of nitrogen functional groups attached to an aromatic ring is 1. The van der Waals surface area contributed by atoms with Crippen LogP contribution in [-0.4, -0.2) is 25.1 Å². The third kappa shape index (κ3) is 3.61. The molecule has 0 spiro atoms. The number of hydrogen-bond donors (Lipinski definition) is 1. The molecule has 0 aliphatic heterocycles. The molecule has 0 unspecified atom stereocenters. The third-order valence-corrected chi connectivity index (χ3v) is 5.18. The van der Waals surface area contributed by atoms with Gasteiger partial charge in [0.25, 0.3) is 0 Å². The summed E-state index contributed by atoms with van der Waals surface area (Å²) in [6.07, 6.45) is 0. The Balaban J connectivity index is 1.52. The summed E-state index contributed by atoms with van der Waals surface area (Å²) in [6.45, 7) is 3.94. The van der Waals surface area contributed by atoms with Crippen LogP contribution in [0.4, 0.5) is 4.39 Å². The third-order valence-electron chi connectivity index (χ3n) is 4.14. The van der Waals surface area contributed by atoms with Gasteiger partial charge in [-0.15, -0.1) is 20.4 Å². The van der Waals surface area contributed by atoms with E-state index < -0.39 is 0 Å². The molecule has 0 aliphatic carbocycles. The Labute approximate surface area is 164 Å². The van der Waals surface area contributed by atoms with Crippen molar-refractivity contribution in [3.8, 4) is 22.8 Å². The van der Waals surface area contributed by atoms with Gasteiger partial charge in [-0.05, 0) is 50.2 Å². The predicted octanol–water partition coefficient (Wildman–Crippen LogP) is 4.01. The van der Waals surface area contributed by atoms with Crippen molar-refractivity contribution in [3.05, 3.63) is 65.8 Å². The standard InChI is InChI=1S/C19H17FN6OS/c1-11-3-5-14(6-4-11)18-24-23-17(27-18)12(2)28-19-25-22-16(26(19)21)13-7-9-15(20)10-8-13/h3-10,12H,21H2,1-2H3/t12-/m0/s1. The van der Waals surface area contributed by atoms with E-state index in [-0.39, 0.29) is 11.1 Å². The molecule has 0 fully saturated rings. The zero-order chi connectivity index (χ0) is 19.7. The fraction of sp³-hybridized carbons (Fsp3) is 0.158. The van der Waals surface area contributed by atoms with Gasteiger partial charge in [0.05, 0.1) is 5.25 Å². The Morgan fingerprint density at radius 3 is 2.36 bits per heavy atom. The summed E-state index contributed by atoms with van der Waals surface area (Å²) in [5.74, 6) is 7.17. The van der Waals surface area contributed by atoms with Gasteiger partial charge in [0.15, 0.2) is 5.82 Å². The van der Waals surface area contributed by atoms with E-state index in [0.717, 1.165) is 11.1 Å². The number of hydrogen-bond acceptors (Lipinski definition) is 7. The first-order valence-corrected chi connectivity index (χ1v) is 9.43. The molecule has 0 radical (unpaired) electrons. The van der Waals surface area contributed by atoms with Gasteiger partial charge in [0, 0.05) is 11.1 Å². The van der Waals surface area contributed by atoms with E-state index in [0.29, 0.717) is 28.3 Å². The maximum absolute atomic E-state index is 13.1. The number of benzene rings is 2. The molecule has 0 aliphatic rings. The average Bonchev–Trinajstić information content (AvgIpc) is 3.31. The lowest BCUT2D eigenvalue weighted by Crippen LogP contribution is -2.12. The highest BCUT2D eigenvalue weighted by atomic mass is 32.2. The van der Waals surface area contributed by atoms with Crippen LogP contribution in [0, 0.1) is 12.7 Å². The SMILES string of the molecule is Cc1ccc(-c2nnc([C@H](C)Sc3nnc(-c4ccc(F)cc4)n3N)o2)cc1. The number of nitrogens with zero attached hydrogens (tertiary/aromatic N) is 5. The highest BCUT2D eigenvalue weighted by molar-refractivity contribution is 7.99. The van der Waals surface area contributed by atoms with Crippen LogP contribution in [0.15, 0.2) is 58.1 Å². The van der Waals surface area contributed by atoms with E-state index in [1.807, 2.05) is 38.1 Å². The molecule has 0 saturated heterocycles. The maximum atomic E-state index is 13.1. The molecule has 2 heterocycles. The molecule has 0 bridgehead atoms. The molecule has 0 amide bonds. The number of halogens is 1. The van der Waals surface area contributed by atoms with Crippen molar-refractivity contribution < 1.29 is 8.81 Å². The minimum atomic E-state index is -0.323. The van der Waals surface area contributed by atoms with Crippen LogP contribution in [0.5, 0.6) is 0 Å². The van der Waals surface area contributed by atoms with Crippen LogP contribution in [0.2, 0.25) is 0 Å². The van der Waals surface area contributed by atoms with Crippen LogP contribution in [-0.2, 0) is 0 Å². The van der Waals surface area contributed by atoms with Crippen molar-refractivity contribution in [2.75, 3.05) is 5.84 Å². The molecule has 7 nitrogen and oxygen atoms in total. The lowest BCUT2D eigenvalue weighted by Gasteiger charge is -2.06. The van der Waals surface area contributed by atoms with E-state index in [4.69, 9.17) is 10.3 Å². The highest BCUT2D eigenvalue weighted by Gasteiger charge is 2.20. The first-order chi connectivity index (χ1) is 13.5. The molecule has 1 atom stereocenters. The summed E-state index contributed by atoms with van der Waals surface area (Å²) < 4.78 is 20.3. The smallest absolute Gasteiger partial charge is 0.247 e. The number of aryl methyl sites for hydroxylation is 1.